The molecule has 1 amide bonds. The first-order chi connectivity index (χ1) is 27.5. The van der Waals surface area contributed by atoms with E-state index in [9.17, 15) is 19.5 Å². The minimum atomic E-state index is -0.484. The van der Waals surface area contributed by atoms with E-state index in [-0.39, 0.29) is 56.3 Å². The van der Waals surface area contributed by atoms with Crippen molar-refractivity contribution in [2.45, 2.75) is 66.7 Å². The summed E-state index contributed by atoms with van der Waals surface area (Å²) >= 11 is 0. The highest BCUT2D eigenvalue weighted by Gasteiger charge is 2.37. The lowest BCUT2D eigenvalue weighted by Gasteiger charge is -2.19. The maximum Gasteiger partial charge on any atom is 0.310 e. The quantitative estimate of drug-likeness (QED) is 0.0826. The third-order valence-electron chi connectivity index (χ3n) is 11.2. The number of esters is 2. The van der Waals surface area contributed by atoms with Crippen LogP contribution in [0.4, 0.5) is 0 Å². The van der Waals surface area contributed by atoms with Crippen molar-refractivity contribution in [3.05, 3.63) is 78.2 Å². The molecule has 2 aliphatic rings. The molecule has 14 heteroatoms. The Morgan fingerprint density at radius 3 is 2.16 bits per heavy atom. The minimum absolute atomic E-state index is 0.00601. The van der Waals surface area contributed by atoms with E-state index in [1.54, 1.807) is 7.11 Å². The number of carbonyl (C=O) groups is 3. The van der Waals surface area contributed by atoms with Crippen molar-refractivity contribution >= 4 is 41.6 Å². The number of aliphatic hydroxyl groups is 1. The first-order valence-corrected chi connectivity index (χ1v) is 19.7. The fourth-order valence-corrected chi connectivity index (χ4v) is 7.88. The van der Waals surface area contributed by atoms with Gasteiger partial charge in [-0.05, 0) is 86.1 Å². The van der Waals surface area contributed by atoms with Gasteiger partial charge in [0.15, 0.2) is 0 Å². The molecular weight excluding hydrogens is 730 g/mol. The zero-order valence-electron chi connectivity index (χ0n) is 34.6. The van der Waals surface area contributed by atoms with Gasteiger partial charge in [-0.1, -0.05) is 13.8 Å². The second-order valence-electron chi connectivity index (χ2n) is 14.5. The van der Waals surface area contributed by atoms with Crippen LogP contribution < -0.4 is 21.3 Å². The average molecular weight is 790 g/mol. The number of hydrogen-bond acceptors (Lipinski definition) is 10. The van der Waals surface area contributed by atoms with E-state index < -0.39 is 5.97 Å². The maximum absolute atomic E-state index is 14.3. The first-order valence-electron chi connectivity index (χ1n) is 19.7. The summed E-state index contributed by atoms with van der Waals surface area (Å²) in [4.78, 5) is 51.0. The van der Waals surface area contributed by atoms with Crippen LogP contribution in [0.1, 0.15) is 94.1 Å². The molecular formula is C43H59N5O9. The SMILES string of the molecule is CCc1c(C)c2[nH]c1=Cc1[nH]c(c(C(=O)NCCOCCOCCOC)c1C)C(CC(=O)OC)=C1NC(=Cc3[nH]c(c(CCO)c3C)C=2)C(C)C1CCC(=O)OC. The molecule has 2 aliphatic heterocycles. The maximum atomic E-state index is 14.3. The van der Waals surface area contributed by atoms with Crippen LogP contribution in [-0.2, 0) is 46.1 Å². The molecule has 3 aromatic heterocycles. The van der Waals surface area contributed by atoms with E-state index in [4.69, 9.17) is 23.7 Å². The number of amides is 1. The molecule has 6 N–H and O–H groups in total. The van der Waals surface area contributed by atoms with Crippen LogP contribution in [0, 0.1) is 32.6 Å². The first kappa shape index (κ1) is 43.2. The highest BCUT2D eigenvalue weighted by molar-refractivity contribution is 6.03. The number of aliphatic hydroxyl groups excluding tert-OH is 1. The number of methoxy groups -OCH3 is 3. The molecule has 5 heterocycles. The summed E-state index contributed by atoms with van der Waals surface area (Å²) in [6.45, 7) is 12.5. The number of ether oxygens (including phenoxy) is 5. The van der Waals surface area contributed by atoms with Gasteiger partial charge in [0.2, 0.25) is 0 Å². The molecule has 5 rings (SSSR count). The predicted octanol–water partition coefficient (Wildman–Crippen LogP) is 3.20. The van der Waals surface area contributed by atoms with Crippen LogP contribution in [0.15, 0.2) is 11.4 Å². The molecule has 57 heavy (non-hydrogen) atoms. The van der Waals surface area contributed by atoms with Crippen molar-refractivity contribution in [1.29, 1.82) is 0 Å². The molecule has 0 aliphatic carbocycles. The zero-order valence-corrected chi connectivity index (χ0v) is 34.6. The Labute approximate surface area is 334 Å². The highest BCUT2D eigenvalue weighted by atomic mass is 16.5. The van der Waals surface area contributed by atoms with Crippen molar-refractivity contribution in [3.63, 3.8) is 0 Å². The van der Waals surface area contributed by atoms with Gasteiger partial charge in [-0.3, -0.25) is 14.4 Å². The number of aromatic nitrogens is 3. The number of aromatic amines is 3. The third-order valence-corrected chi connectivity index (χ3v) is 11.2. The fraction of sp³-hybridized carbons (Fsp3) is 0.512. The second kappa shape index (κ2) is 20.0. The van der Waals surface area contributed by atoms with Gasteiger partial charge in [0, 0.05) is 83.3 Å². The van der Waals surface area contributed by atoms with Crippen molar-refractivity contribution in [2.24, 2.45) is 11.8 Å². The number of nitrogens with one attached hydrogen (secondary N) is 5. The number of fused-ring (bicyclic) bond motifs is 8. The Hall–Kier alpha value is -4.89. The van der Waals surface area contributed by atoms with E-state index in [2.05, 4.69) is 58.5 Å². The summed E-state index contributed by atoms with van der Waals surface area (Å²) in [5, 5.41) is 18.6. The van der Waals surface area contributed by atoms with Gasteiger partial charge in [0.25, 0.3) is 5.91 Å². The van der Waals surface area contributed by atoms with Crippen LogP contribution in [0.25, 0.3) is 23.8 Å². The van der Waals surface area contributed by atoms with Crippen LogP contribution >= 0.6 is 0 Å². The number of rotatable bonds is 18. The topological polar surface area (TPSA) is 189 Å². The smallest absolute Gasteiger partial charge is 0.310 e. The van der Waals surface area contributed by atoms with Gasteiger partial charge in [-0.15, -0.1) is 0 Å². The number of hydrogen-bond donors (Lipinski definition) is 6. The summed E-state index contributed by atoms with van der Waals surface area (Å²) in [6.07, 6.45) is 7.84. The average Bonchev–Trinajstić information content (AvgIpc) is 3.88. The summed E-state index contributed by atoms with van der Waals surface area (Å²) in [5.41, 5.74) is 10.4. The summed E-state index contributed by atoms with van der Waals surface area (Å²) < 4.78 is 26.5. The van der Waals surface area contributed by atoms with Gasteiger partial charge in [-0.25, -0.2) is 0 Å². The lowest BCUT2D eigenvalue weighted by Crippen LogP contribution is -2.29. The minimum Gasteiger partial charge on any atom is -0.469 e. The molecule has 2 atom stereocenters. The molecule has 14 nitrogen and oxygen atoms in total. The fourth-order valence-electron chi connectivity index (χ4n) is 7.88. The van der Waals surface area contributed by atoms with Crippen molar-refractivity contribution < 1.29 is 43.2 Å². The Morgan fingerprint density at radius 1 is 0.789 bits per heavy atom. The molecule has 3 aromatic rings. The molecule has 310 valence electrons. The molecule has 8 bridgehead atoms. The lowest BCUT2D eigenvalue weighted by atomic mass is 9.85. The Kier molecular flexibility index (Phi) is 15.2. The molecule has 2 unspecified atom stereocenters. The lowest BCUT2D eigenvalue weighted by molar-refractivity contribution is -0.141. The third kappa shape index (κ3) is 9.81. The Balaban J connectivity index is 1.73. The molecule has 0 saturated carbocycles. The predicted molar refractivity (Wildman–Crippen MR) is 218 cm³/mol. The van der Waals surface area contributed by atoms with Crippen molar-refractivity contribution in [2.75, 3.05) is 67.5 Å². The monoisotopic (exact) mass is 789 g/mol. The van der Waals surface area contributed by atoms with Crippen LogP contribution in [-0.4, -0.2) is 105 Å². The summed E-state index contributed by atoms with van der Waals surface area (Å²) in [7, 11) is 4.33. The van der Waals surface area contributed by atoms with Crippen molar-refractivity contribution in [1.82, 2.24) is 25.6 Å². The number of H-pyrrole nitrogens is 3. The molecule has 0 aromatic carbocycles. The Bertz CT molecular complexity index is 2120. The number of allylic oxidation sites excluding steroid dienone is 2. The van der Waals surface area contributed by atoms with E-state index >= 15 is 0 Å². The van der Waals surface area contributed by atoms with Gasteiger partial charge in [0.05, 0.1) is 64.9 Å². The normalized spacial score (nSPS) is 16.1. The molecule has 1 saturated heterocycles. The van der Waals surface area contributed by atoms with E-state index in [1.165, 1.54) is 14.2 Å². The second-order valence-corrected chi connectivity index (χ2v) is 14.5. The van der Waals surface area contributed by atoms with E-state index in [0.717, 1.165) is 56.5 Å². The zero-order chi connectivity index (χ0) is 41.2. The van der Waals surface area contributed by atoms with E-state index in [1.807, 2.05) is 19.9 Å². The summed E-state index contributed by atoms with van der Waals surface area (Å²) in [5.74, 6) is -1.54. The van der Waals surface area contributed by atoms with Crippen LogP contribution in [0.2, 0.25) is 0 Å². The van der Waals surface area contributed by atoms with Gasteiger partial charge < -0.3 is 54.4 Å². The standard InChI is InChI=1S/C43H59N5O9/c1-9-28-24(2)33-22-37-29(12-14-49)25(3)32(46-37)21-34-26(4)30(10-11-38(50)54-7)41(47-34)31(20-39(51)55-8)42-40(27(5)35(48-42)23-36(28)45-33)43(52)44-13-15-56-18-19-57-17-16-53-6/h21-23,26,30,45-49H,9-20H2,1-8H3,(H,44,52). The molecule has 1 fully saturated rings. The van der Waals surface area contributed by atoms with E-state index in [0.29, 0.717) is 73.1 Å². The van der Waals surface area contributed by atoms with Crippen LogP contribution in [0.3, 0.4) is 0 Å². The number of carbonyl (C=O) groups excluding carboxylic acids is 3. The highest BCUT2D eigenvalue weighted by Crippen LogP contribution is 2.43. The van der Waals surface area contributed by atoms with Gasteiger partial charge >= 0.3 is 11.9 Å². The largest absolute Gasteiger partial charge is 0.469 e. The Morgan fingerprint density at radius 2 is 1.47 bits per heavy atom. The molecule has 0 spiro atoms. The van der Waals surface area contributed by atoms with Gasteiger partial charge in [0.1, 0.15) is 0 Å². The van der Waals surface area contributed by atoms with Gasteiger partial charge in [-0.2, -0.15) is 0 Å². The van der Waals surface area contributed by atoms with Crippen molar-refractivity contribution in [3.8, 4) is 0 Å². The molecule has 0 radical (unpaired) electrons. The van der Waals surface area contributed by atoms with Crippen LogP contribution in [0.5, 0.6) is 0 Å². The summed E-state index contributed by atoms with van der Waals surface area (Å²) in [6, 6.07) is 0.